The lowest BCUT2D eigenvalue weighted by molar-refractivity contribution is -0.130. The third-order valence-electron chi connectivity index (χ3n) is 6.32. The van der Waals surface area contributed by atoms with Gasteiger partial charge in [-0.2, -0.15) is 0 Å². The normalized spacial score (nSPS) is 21.0. The molecule has 1 aromatic carbocycles. The van der Waals surface area contributed by atoms with Gasteiger partial charge in [-0.25, -0.2) is 0 Å². The molecule has 3 heterocycles. The van der Waals surface area contributed by atoms with Crippen molar-refractivity contribution in [2.45, 2.75) is 31.8 Å². The van der Waals surface area contributed by atoms with Crippen molar-refractivity contribution in [3.8, 4) is 0 Å². The Morgan fingerprint density at radius 1 is 1.07 bits per heavy atom. The molecule has 0 bridgehead atoms. The van der Waals surface area contributed by atoms with Crippen molar-refractivity contribution < 1.29 is 9.59 Å². The molecule has 0 aliphatic carbocycles. The second-order valence-electron chi connectivity index (χ2n) is 8.27. The minimum absolute atomic E-state index is 0. The molecule has 0 spiro atoms. The molecule has 3 fully saturated rings. The molecule has 4 rings (SSSR count). The third-order valence-corrected chi connectivity index (χ3v) is 6.63. The van der Waals surface area contributed by atoms with E-state index in [0.29, 0.717) is 48.8 Å². The molecule has 166 valence electrons. The summed E-state index contributed by atoms with van der Waals surface area (Å²) in [5, 5.41) is 7.43. The summed E-state index contributed by atoms with van der Waals surface area (Å²) in [5.74, 6) is -0.00856. The van der Waals surface area contributed by atoms with Gasteiger partial charge < -0.3 is 20.4 Å². The van der Waals surface area contributed by atoms with Gasteiger partial charge in [0.05, 0.1) is 16.6 Å². The highest BCUT2D eigenvalue weighted by Gasteiger charge is 2.33. The van der Waals surface area contributed by atoms with Crippen molar-refractivity contribution in [3.05, 3.63) is 28.8 Å². The maximum Gasteiger partial charge on any atom is 0.255 e. The topological polar surface area (TPSA) is 67.9 Å². The van der Waals surface area contributed by atoms with Crippen molar-refractivity contribution in [1.82, 2.24) is 20.0 Å². The molecule has 3 aliphatic rings. The van der Waals surface area contributed by atoms with Gasteiger partial charge in [-0.3, -0.25) is 14.5 Å². The Kier molecular flexibility index (Phi) is 7.85. The first-order chi connectivity index (χ1) is 14.0. The van der Waals surface area contributed by atoms with E-state index in [4.69, 9.17) is 11.6 Å². The first-order valence-corrected chi connectivity index (χ1v) is 10.9. The summed E-state index contributed by atoms with van der Waals surface area (Å²) in [6.45, 7) is 8.16. The molecule has 1 aromatic rings. The Labute approximate surface area is 189 Å². The molecule has 2 amide bonds. The second-order valence-corrected chi connectivity index (χ2v) is 8.68. The number of likely N-dealkylation sites (tertiary alicyclic amines) is 1. The summed E-state index contributed by atoms with van der Waals surface area (Å²) in [4.78, 5) is 30.4. The Balaban J connectivity index is 0.00000256. The zero-order chi connectivity index (χ0) is 20.4. The Morgan fingerprint density at radius 2 is 1.70 bits per heavy atom. The quantitative estimate of drug-likeness (QED) is 0.725. The van der Waals surface area contributed by atoms with Gasteiger partial charge in [-0.1, -0.05) is 11.6 Å². The van der Waals surface area contributed by atoms with Crippen LogP contribution in [0.4, 0.5) is 5.69 Å². The Morgan fingerprint density at radius 3 is 2.30 bits per heavy atom. The number of piperazine rings is 1. The van der Waals surface area contributed by atoms with E-state index in [0.717, 1.165) is 31.9 Å². The molecule has 0 unspecified atom stereocenters. The van der Waals surface area contributed by atoms with Gasteiger partial charge >= 0.3 is 0 Å². The molecule has 0 radical (unpaired) electrons. The number of benzene rings is 1. The molecule has 30 heavy (non-hydrogen) atoms. The van der Waals surface area contributed by atoms with E-state index in [9.17, 15) is 9.59 Å². The number of carbonyl (C=O) groups excluding carboxylic acids is 2. The van der Waals surface area contributed by atoms with Crippen LogP contribution >= 0.6 is 24.0 Å². The number of halogens is 2. The molecule has 0 aromatic heterocycles. The molecule has 3 saturated heterocycles. The smallest absolute Gasteiger partial charge is 0.255 e. The van der Waals surface area contributed by atoms with E-state index in [2.05, 4.69) is 15.5 Å². The monoisotopic (exact) mass is 455 g/mol. The zero-order valence-corrected chi connectivity index (χ0v) is 19.0. The predicted molar refractivity (Wildman–Crippen MR) is 122 cm³/mol. The fourth-order valence-corrected chi connectivity index (χ4v) is 4.74. The summed E-state index contributed by atoms with van der Waals surface area (Å²) >= 11 is 6.45. The number of anilines is 1. The summed E-state index contributed by atoms with van der Waals surface area (Å²) in [5.41, 5.74) is 1.49. The summed E-state index contributed by atoms with van der Waals surface area (Å²) < 4.78 is 0. The van der Waals surface area contributed by atoms with Crippen molar-refractivity contribution >= 4 is 41.5 Å². The summed E-state index contributed by atoms with van der Waals surface area (Å²) in [7, 11) is 0. The average molecular weight is 456 g/mol. The number of hydrogen-bond donors (Lipinski definition) is 2. The van der Waals surface area contributed by atoms with Crippen LogP contribution in [0.2, 0.25) is 5.02 Å². The molecule has 7 nitrogen and oxygen atoms in total. The first kappa shape index (κ1) is 23.1. The van der Waals surface area contributed by atoms with Crippen LogP contribution in [0.25, 0.3) is 0 Å². The van der Waals surface area contributed by atoms with Gasteiger partial charge in [-0.15, -0.1) is 12.4 Å². The number of hydrogen-bond acceptors (Lipinski definition) is 5. The van der Waals surface area contributed by atoms with Crippen LogP contribution in [0.5, 0.6) is 0 Å². The molecular formula is C21H31Cl2N5O2. The Hall–Kier alpha value is -1.54. The van der Waals surface area contributed by atoms with Gasteiger partial charge in [-0.05, 0) is 44.1 Å². The zero-order valence-electron chi connectivity index (χ0n) is 17.4. The lowest BCUT2D eigenvalue weighted by Crippen LogP contribution is -2.60. The van der Waals surface area contributed by atoms with Crippen molar-refractivity contribution in [2.24, 2.45) is 0 Å². The molecule has 0 saturated carbocycles. The van der Waals surface area contributed by atoms with Gasteiger partial charge in [0.25, 0.3) is 5.91 Å². The molecule has 3 aliphatic heterocycles. The van der Waals surface area contributed by atoms with Crippen LogP contribution in [0.1, 0.15) is 30.1 Å². The standard InChI is InChI=1S/C21H30ClN5O2.ClH/c1-15(28)25-8-10-26(11-9-25)21(29)19-3-2-16(12-20(19)22)24-17-13-27(14-17)18-4-6-23-7-5-18;/h2-3,12,17-18,23-24H,4-11,13-14H2,1H3;1H. The van der Waals surface area contributed by atoms with Crippen LogP contribution in [-0.2, 0) is 4.79 Å². The number of carbonyl (C=O) groups is 2. The molecule has 0 atom stereocenters. The van der Waals surface area contributed by atoms with E-state index in [-0.39, 0.29) is 24.2 Å². The maximum absolute atomic E-state index is 12.8. The van der Waals surface area contributed by atoms with E-state index in [1.807, 2.05) is 18.2 Å². The number of piperidine rings is 1. The van der Waals surface area contributed by atoms with E-state index < -0.39 is 0 Å². The SMILES string of the molecule is CC(=O)N1CCN(C(=O)c2ccc(NC3CN(C4CCNCC4)C3)cc2Cl)CC1.Cl. The van der Waals surface area contributed by atoms with Crippen LogP contribution in [-0.4, -0.2) is 91.0 Å². The highest BCUT2D eigenvalue weighted by atomic mass is 35.5. The first-order valence-electron chi connectivity index (χ1n) is 10.6. The second kappa shape index (κ2) is 10.2. The summed E-state index contributed by atoms with van der Waals surface area (Å²) in [6.07, 6.45) is 2.46. The van der Waals surface area contributed by atoms with Crippen molar-refractivity contribution in [1.29, 1.82) is 0 Å². The summed E-state index contributed by atoms with van der Waals surface area (Å²) in [6, 6.07) is 6.75. The van der Waals surface area contributed by atoms with Gasteiger partial charge in [0.1, 0.15) is 0 Å². The van der Waals surface area contributed by atoms with Crippen molar-refractivity contribution in [3.63, 3.8) is 0 Å². The van der Waals surface area contributed by atoms with Crippen molar-refractivity contribution in [2.75, 3.05) is 57.7 Å². The van der Waals surface area contributed by atoms with E-state index >= 15 is 0 Å². The minimum atomic E-state index is -0.0644. The minimum Gasteiger partial charge on any atom is -0.380 e. The van der Waals surface area contributed by atoms with Gasteiger partial charge in [0.2, 0.25) is 5.91 Å². The van der Waals surface area contributed by atoms with Crippen LogP contribution in [0.15, 0.2) is 18.2 Å². The van der Waals surface area contributed by atoms with Crippen LogP contribution in [0, 0.1) is 0 Å². The van der Waals surface area contributed by atoms with E-state index in [1.165, 1.54) is 12.8 Å². The Bertz CT molecular complexity index is 758. The molecule has 2 N–H and O–H groups in total. The average Bonchev–Trinajstić information content (AvgIpc) is 2.70. The lowest BCUT2D eigenvalue weighted by Gasteiger charge is -2.46. The number of amides is 2. The number of rotatable bonds is 4. The predicted octanol–water partition coefficient (Wildman–Crippen LogP) is 1.91. The number of nitrogens with zero attached hydrogens (tertiary/aromatic N) is 3. The number of nitrogens with one attached hydrogen (secondary N) is 2. The van der Waals surface area contributed by atoms with Gasteiger partial charge in [0, 0.05) is 57.9 Å². The lowest BCUT2D eigenvalue weighted by atomic mass is 9.98. The molecular weight excluding hydrogens is 425 g/mol. The largest absolute Gasteiger partial charge is 0.380 e. The van der Waals surface area contributed by atoms with E-state index in [1.54, 1.807) is 16.7 Å². The fraction of sp³-hybridized carbons (Fsp3) is 0.619. The molecule has 9 heteroatoms. The fourth-order valence-electron chi connectivity index (χ4n) is 4.48. The highest BCUT2D eigenvalue weighted by Crippen LogP contribution is 2.26. The highest BCUT2D eigenvalue weighted by molar-refractivity contribution is 6.34. The van der Waals surface area contributed by atoms with Crippen LogP contribution in [0.3, 0.4) is 0 Å². The van der Waals surface area contributed by atoms with Gasteiger partial charge in [0.15, 0.2) is 0 Å². The third kappa shape index (κ3) is 5.19. The van der Waals surface area contributed by atoms with Crippen LogP contribution < -0.4 is 10.6 Å². The maximum atomic E-state index is 12.8.